The summed E-state index contributed by atoms with van der Waals surface area (Å²) in [6.07, 6.45) is 1.74. The largest absolute Gasteiger partial charge is 0.444 e. The first-order chi connectivity index (χ1) is 18.2. The average Bonchev–Trinajstić information content (AvgIpc) is 3.38. The van der Waals surface area contributed by atoms with Gasteiger partial charge < -0.3 is 19.5 Å². The second-order valence-corrected chi connectivity index (χ2v) is 9.60. The summed E-state index contributed by atoms with van der Waals surface area (Å²) in [5, 5.41) is 3.75. The van der Waals surface area contributed by atoms with Gasteiger partial charge in [-0.2, -0.15) is 13.2 Å². The molecule has 0 saturated carbocycles. The summed E-state index contributed by atoms with van der Waals surface area (Å²) >= 11 is 5.84. The molecule has 0 saturated heterocycles. The van der Waals surface area contributed by atoms with E-state index in [0.717, 1.165) is 36.0 Å². The molecule has 1 unspecified atom stereocenters. The van der Waals surface area contributed by atoms with Crippen LogP contribution < -0.4 is 5.32 Å². The second-order valence-electron chi connectivity index (χ2n) is 9.21. The van der Waals surface area contributed by atoms with Crippen LogP contribution in [0.15, 0.2) is 94.8 Å². The minimum atomic E-state index is -4.43. The fraction of sp³-hybridized carbons (Fsp3) is 0.250. The summed E-state index contributed by atoms with van der Waals surface area (Å²) in [5.41, 5.74) is 2.91. The predicted molar refractivity (Wildman–Crippen MR) is 145 cm³/mol. The van der Waals surface area contributed by atoms with Crippen molar-refractivity contribution in [1.82, 2.24) is 14.8 Å². The molecule has 6 nitrogen and oxygen atoms in total. The molecule has 0 spiro atoms. The van der Waals surface area contributed by atoms with Gasteiger partial charge in [-0.3, -0.25) is 0 Å². The van der Waals surface area contributed by atoms with E-state index in [0.29, 0.717) is 40.9 Å². The van der Waals surface area contributed by atoms with Crippen molar-refractivity contribution < 1.29 is 17.6 Å². The van der Waals surface area contributed by atoms with Crippen LogP contribution in [0.25, 0.3) is 11.3 Å². The van der Waals surface area contributed by atoms with Gasteiger partial charge in [0.25, 0.3) is 0 Å². The van der Waals surface area contributed by atoms with Gasteiger partial charge >= 0.3 is 6.18 Å². The fourth-order valence-electron chi connectivity index (χ4n) is 4.77. The van der Waals surface area contributed by atoms with Crippen LogP contribution in [0.3, 0.4) is 0 Å². The summed E-state index contributed by atoms with van der Waals surface area (Å²) in [7, 11) is 0. The van der Waals surface area contributed by atoms with Crippen molar-refractivity contribution in [3.05, 3.63) is 96.5 Å². The van der Waals surface area contributed by atoms with Gasteiger partial charge in [0.1, 0.15) is 0 Å². The summed E-state index contributed by atoms with van der Waals surface area (Å²) in [4.78, 5) is 12.9. The van der Waals surface area contributed by atoms with Gasteiger partial charge in [-0.05, 0) is 61.1 Å². The quantitative estimate of drug-likeness (QED) is 0.365. The molecule has 2 aromatic carbocycles. The van der Waals surface area contributed by atoms with Crippen LogP contribution in [-0.4, -0.2) is 38.7 Å². The van der Waals surface area contributed by atoms with Gasteiger partial charge in [0.15, 0.2) is 23.1 Å². The SMILES string of the molecule is C=CN1CCCN(C(=S)Nc2cccc(-c3cnco3)c2)C2=C1CC(C)C(c1cccc(C(F)(F)F)c1)=N2. The monoisotopic (exact) mass is 537 g/mol. The van der Waals surface area contributed by atoms with E-state index < -0.39 is 11.7 Å². The molecule has 1 N–H and O–H groups in total. The smallest absolute Gasteiger partial charge is 0.416 e. The van der Waals surface area contributed by atoms with E-state index in [1.54, 1.807) is 18.5 Å². The van der Waals surface area contributed by atoms with Crippen LogP contribution in [0.2, 0.25) is 0 Å². The first kappa shape index (κ1) is 25.7. The second kappa shape index (κ2) is 10.4. The number of allylic oxidation sites excluding steroid dienone is 1. The minimum Gasteiger partial charge on any atom is -0.444 e. The number of oxazole rings is 1. The van der Waals surface area contributed by atoms with Crippen molar-refractivity contribution in [1.29, 1.82) is 0 Å². The number of aromatic nitrogens is 1. The first-order valence-corrected chi connectivity index (χ1v) is 12.6. The number of rotatable bonds is 4. The first-order valence-electron chi connectivity index (χ1n) is 12.2. The van der Waals surface area contributed by atoms with E-state index in [1.165, 1.54) is 18.5 Å². The van der Waals surface area contributed by atoms with Crippen molar-refractivity contribution >= 4 is 28.7 Å². The van der Waals surface area contributed by atoms with Gasteiger partial charge in [0, 0.05) is 30.3 Å². The Bertz CT molecular complexity index is 1410. The zero-order valence-corrected chi connectivity index (χ0v) is 21.5. The maximum absolute atomic E-state index is 13.4. The zero-order chi connectivity index (χ0) is 26.9. The summed E-state index contributed by atoms with van der Waals surface area (Å²) in [6.45, 7) is 7.27. The molecule has 5 rings (SSSR count). The van der Waals surface area contributed by atoms with Gasteiger partial charge in [0.2, 0.25) is 0 Å². The van der Waals surface area contributed by atoms with E-state index in [2.05, 4.69) is 21.8 Å². The molecule has 3 heterocycles. The zero-order valence-electron chi connectivity index (χ0n) is 20.7. The molecular formula is C28H26F3N5OS. The highest BCUT2D eigenvalue weighted by molar-refractivity contribution is 7.80. The van der Waals surface area contributed by atoms with Crippen LogP contribution in [0.4, 0.5) is 18.9 Å². The third-order valence-electron chi connectivity index (χ3n) is 6.62. The topological polar surface area (TPSA) is 56.9 Å². The Morgan fingerprint density at radius 1 is 1.16 bits per heavy atom. The molecule has 0 radical (unpaired) electrons. The van der Waals surface area contributed by atoms with E-state index in [9.17, 15) is 13.2 Å². The Labute approximate surface area is 224 Å². The number of nitrogens with one attached hydrogen (secondary N) is 1. The Balaban J connectivity index is 1.50. The number of nitrogens with zero attached hydrogens (tertiary/aromatic N) is 4. The number of benzene rings is 2. The lowest BCUT2D eigenvalue weighted by molar-refractivity contribution is -0.137. The maximum atomic E-state index is 13.4. The lowest BCUT2D eigenvalue weighted by Crippen LogP contribution is -2.37. The predicted octanol–water partition coefficient (Wildman–Crippen LogP) is 6.91. The lowest BCUT2D eigenvalue weighted by Gasteiger charge is -2.33. The number of halogens is 3. The molecule has 0 fully saturated rings. The molecule has 38 heavy (non-hydrogen) atoms. The van der Waals surface area contributed by atoms with Gasteiger partial charge in [-0.25, -0.2) is 9.98 Å². The highest BCUT2D eigenvalue weighted by atomic mass is 32.1. The van der Waals surface area contributed by atoms with Crippen molar-refractivity contribution in [2.24, 2.45) is 10.9 Å². The molecule has 2 aliphatic rings. The van der Waals surface area contributed by atoms with Crippen LogP contribution in [0.5, 0.6) is 0 Å². The van der Waals surface area contributed by atoms with E-state index >= 15 is 0 Å². The van der Waals surface area contributed by atoms with E-state index in [1.807, 2.05) is 36.1 Å². The van der Waals surface area contributed by atoms with Crippen LogP contribution >= 0.6 is 12.2 Å². The molecule has 1 aromatic heterocycles. The molecule has 196 valence electrons. The number of aliphatic imine (C=N–C) groups is 1. The Morgan fingerprint density at radius 3 is 2.68 bits per heavy atom. The van der Waals surface area contributed by atoms with E-state index in [-0.39, 0.29) is 5.92 Å². The lowest BCUT2D eigenvalue weighted by atomic mass is 9.90. The van der Waals surface area contributed by atoms with Crippen LogP contribution in [0, 0.1) is 5.92 Å². The Morgan fingerprint density at radius 2 is 1.95 bits per heavy atom. The van der Waals surface area contributed by atoms with Crippen molar-refractivity contribution in [3.8, 4) is 11.3 Å². The standard InChI is InChI=1S/C28H26F3N5OS/c1-3-35-11-6-12-36(27(38)33-22-10-5-7-19(15-22)24-16-32-17-37-24)26-23(35)13-18(2)25(34-26)20-8-4-9-21(14-20)28(29,30)31/h3-5,7-10,14-18H,1,6,11-13H2,2H3,(H,33,38). The van der Waals surface area contributed by atoms with Crippen LogP contribution in [-0.2, 0) is 6.18 Å². The number of anilines is 1. The normalized spacial score (nSPS) is 18.0. The molecule has 0 bridgehead atoms. The number of alkyl halides is 3. The molecule has 1 atom stereocenters. The number of hydrogen-bond donors (Lipinski definition) is 1. The fourth-order valence-corrected chi connectivity index (χ4v) is 5.07. The van der Waals surface area contributed by atoms with Crippen molar-refractivity contribution in [2.45, 2.75) is 25.9 Å². The maximum Gasteiger partial charge on any atom is 0.416 e. The Kier molecular flexibility index (Phi) is 7.07. The number of hydrogen-bond acceptors (Lipinski definition) is 5. The molecule has 0 amide bonds. The third-order valence-corrected chi connectivity index (χ3v) is 6.94. The van der Waals surface area contributed by atoms with Gasteiger partial charge in [-0.1, -0.05) is 37.8 Å². The van der Waals surface area contributed by atoms with Crippen molar-refractivity contribution in [2.75, 3.05) is 18.4 Å². The highest BCUT2D eigenvalue weighted by Crippen LogP contribution is 2.36. The Hall–Kier alpha value is -3.92. The van der Waals surface area contributed by atoms with Gasteiger partial charge in [-0.15, -0.1) is 0 Å². The molecule has 2 aliphatic heterocycles. The minimum absolute atomic E-state index is 0.0975. The molecule has 3 aromatic rings. The summed E-state index contributed by atoms with van der Waals surface area (Å²) in [5.74, 6) is 1.16. The average molecular weight is 538 g/mol. The summed E-state index contributed by atoms with van der Waals surface area (Å²) in [6, 6.07) is 13.0. The van der Waals surface area contributed by atoms with Gasteiger partial charge in [0.05, 0.1) is 23.2 Å². The van der Waals surface area contributed by atoms with Crippen molar-refractivity contribution in [3.63, 3.8) is 0 Å². The molecular weight excluding hydrogens is 511 g/mol. The molecule has 0 aliphatic carbocycles. The summed E-state index contributed by atoms with van der Waals surface area (Å²) < 4.78 is 45.7. The third kappa shape index (κ3) is 5.22. The van der Waals surface area contributed by atoms with E-state index in [4.69, 9.17) is 21.6 Å². The molecule has 10 heteroatoms. The highest BCUT2D eigenvalue weighted by Gasteiger charge is 2.34. The number of thiocarbonyl (C=S) groups is 1. The van der Waals surface area contributed by atoms with Crippen LogP contribution in [0.1, 0.15) is 30.9 Å².